The molecule has 2 heterocycles. The number of nitrogens with one attached hydrogen (secondary N) is 1. The minimum absolute atomic E-state index is 0.330. The first-order valence-electron chi connectivity index (χ1n) is 5.92. The number of hydrogen-bond donors (Lipinski definition) is 1. The molecule has 2 aromatic heterocycles. The Hall–Kier alpha value is -1.68. The van der Waals surface area contributed by atoms with Gasteiger partial charge in [0.2, 0.25) is 0 Å². The minimum atomic E-state index is 0.330. The average Bonchev–Trinajstić information content (AvgIpc) is 2.79. The SMILES string of the molecule is C=CCCCC(NC)c1cnn2ccncc12. The van der Waals surface area contributed by atoms with Gasteiger partial charge in [-0.2, -0.15) is 5.10 Å². The quantitative estimate of drug-likeness (QED) is 0.612. The van der Waals surface area contributed by atoms with Crippen molar-refractivity contribution in [3.8, 4) is 0 Å². The van der Waals surface area contributed by atoms with Gasteiger partial charge < -0.3 is 5.32 Å². The van der Waals surface area contributed by atoms with E-state index in [4.69, 9.17) is 0 Å². The fourth-order valence-electron chi connectivity index (χ4n) is 2.04. The van der Waals surface area contributed by atoms with Gasteiger partial charge in [0.1, 0.15) is 0 Å². The Morgan fingerprint density at radius 2 is 2.41 bits per heavy atom. The van der Waals surface area contributed by atoms with Crippen molar-refractivity contribution < 1.29 is 0 Å². The van der Waals surface area contributed by atoms with Crippen LogP contribution in [0.4, 0.5) is 0 Å². The summed E-state index contributed by atoms with van der Waals surface area (Å²) in [6.45, 7) is 3.75. The van der Waals surface area contributed by atoms with Crippen LogP contribution in [-0.2, 0) is 0 Å². The lowest BCUT2D eigenvalue weighted by molar-refractivity contribution is 0.533. The lowest BCUT2D eigenvalue weighted by Gasteiger charge is -2.14. The second kappa shape index (κ2) is 5.59. The number of allylic oxidation sites excluding steroid dienone is 1. The molecule has 0 amide bonds. The van der Waals surface area contributed by atoms with Crippen molar-refractivity contribution in [2.24, 2.45) is 0 Å². The number of nitrogens with zero attached hydrogens (tertiary/aromatic N) is 3. The number of fused-ring (bicyclic) bond motifs is 1. The van der Waals surface area contributed by atoms with Crippen LogP contribution in [-0.4, -0.2) is 21.6 Å². The molecule has 0 aliphatic rings. The van der Waals surface area contributed by atoms with Crippen LogP contribution in [0.2, 0.25) is 0 Å². The molecule has 0 spiro atoms. The molecule has 0 radical (unpaired) electrons. The molecule has 0 fully saturated rings. The number of hydrogen-bond acceptors (Lipinski definition) is 3. The van der Waals surface area contributed by atoms with Gasteiger partial charge in [0.25, 0.3) is 0 Å². The average molecular weight is 230 g/mol. The van der Waals surface area contributed by atoms with Crippen molar-refractivity contribution in [2.45, 2.75) is 25.3 Å². The molecular formula is C13H18N4. The number of unbranched alkanes of at least 4 members (excludes halogenated alkanes) is 1. The maximum atomic E-state index is 4.33. The summed E-state index contributed by atoms with van der Waals surface area (Å²) in [6, 6.07) is 0.330. The second-order valence-electron chi connectivity index (χ2n) is 4.07. The summed E-state index contributed by atoms with van der Waals surface area (Å²) in [4.78, 5) is 4.15. The molecule has 4 heteroatoms. The summed E-state index contributed by atoms with van der Waals surface area (Å²) < 4.78 is 1.86. The Morgan fingerprint density at radius 1 is 1.53 bits per heavy atom. The van der Waals surface area contributed by atoms with Gasteiger partial charge in [-0.3, -0.25) is 4.98 Å². The minimum Gasteiger partial charge on any atom is -0.313 e. The van der Waals surface area contributed by atoms with Crippen LogP contribution in [0.15, 0.2) is 37.4 Å². The Morgan fingerprint density at radius 3 is 3.18 bits per heavy atom. The van der Waals surface area contributed by atoms with Crippen molar-refractivity contribution in [1.29, 1.82) is 0 Å². The van der Waals surface area contributed by atoms with Crippen LogP contribution in [0.25, 0.3) is 5.52 Å². The zero-order valence-corrected chi connectivity index (χ0v) is 10.1. The molecule has 0 saturated carbocycles. The van der Waals surface area contributed by atoms with Gasteiger partial charge in [-0.1, -0.05) is 6.08 Å². The zero-order chi connectivity index (χ0) is 12.1. The van der Waals surface area contributed by atoms with E-state index in [-0.39, 0.29) is 0 Å². The van der Waals surface area contributed by atoms with Gasteiger partial charge >= 0.3 is 0 Å². The van der Waals surface area contributed by atoms with Gasteiger partial charge in [0.05, 0.1) is 17.9 Å². The molecule has 0 aliphatic heterocycles. The summed E-state index contributed by atoms with van der Waals surface area (Å²) in [6.07, 6.45) is 12.6. The van der Waals surface area contributed by atoms with Gasteiger partial charge in [0, 0.05) is 24.0 Å². The van der Waals surface area contributed by atoms with Crippen molar-refractivity contribution in [3.63, 3.8) is 0 Å². The smallest absolute Gasteiger partial charge is 0.0892 e. The molecule has 17 heavy (non-hydrogen) atoms. The van der Waals surface area contributed by atoms with E-state index in [0.717, 1.165) is 24.8 Å². The molecule has 2 aromatic rings. The summed E-state index contributed by atoms with van der Waals surface area (Å²) in [5, 5.41) is 7.67. The first kappa shape index (κ1) is 11.8. The molecule has 1 atom stereocenters. The van der Waals surface area contributed by atoms with Crippen LogP contribution in [0.5, 0.6) is 0 Å². The maximum absolute atomic E-state index is 4.33. The molecule has 0 aliphatic carbocycles. The fraction of sp³-hybridized carbons (Fsp3) is 0.385. The van der Waals surface area contributed by atoms with Crippen molar-refractivity contribution in [2.75, 3.05) is 7.05 Å². The predicted octanol–water partition coefficient (Wildman–Crippen LogP) is 2.35. The highest BCUT2D eigenvalue weighted by atomic mass is 15.2. The van der Waals surface area contributed by atoms with Crippen LogP contribution >= 0.6 is 0 Å². The van der Waals surface area contributed by atoms with Crippen LogP contribution in [0, 0.1) is 0 Å². The standard InChI is InChI=1S/C13H18N4/c1-3-4-5-6-12(14-2)11-9-16-17-8-7-15-10-13(11)17/h3,7-10,12,14H,1,4-6H2,2H3. The lowest BCUT2D eigenvalue weighted by atomic mass is 10.0. The van der Waals surface area contributed by atoms with Crippen LogP contribution in [0.3, 0.4) is 0 Å². The van der Waals surface area contributed by atoms with E-state index >= 15 is 0 Å². The van der Waals surface area contributed by atoms with Crippen molar-refractivity contribution in [3.05, 3.63) is 43.0 Å². The molecule has 0 bridgehead atoms. The summed E-state index contributed by atoms with van der Waals surface area (Å²) in [5.41, 5.74) is 2.29. The summed E-state index contributed by atoms with van der Waals surface area (Å²) >= 11 is 0. The third kappa shape index (κ3) is 2.53. The first-order valence-corrected chi connectivity index (χ1v) is 5.92. The predicted molar refractivity (Wildman–Crippen MR) is 68.8 cm³/mol. The van der Waals surface area contributed by atoms with E-state index in [1.165, 1.54) is 5.56 Å². The van der Waals surface area contributed by atoms with E-state index in [1.54, 1.807) is 6.20 Å². The molecule has 1 N–H and O–H groups in total. The van der Waals surface area contributed by atoms with Crippen molar-refractivity contribution >= 4 is 5.52 Å². The fourth-order valence-corrected chi connectivity index (χ4v) is 2.04. The van der Waals surface area contributed by atoms with Crippen LogP contribution < -0.4 is 5.32 Å². The third-order valence-corrected chi connectivity index (χ3v) is 2.98. The van der Waals surface area contributed by atoms with E-state index in [0.29, 0.717) is 6.04 Å². The number of rotatable bonds is 6. The highest BCUT2D eigenvalue weighted by Crippen LogP contribution is 2.22. The highest BCUT2D eigenvalue weighted by Gasteiger charge is 2.13. The van der Waals surface area contributed by atoms with E-state index in [9.17, 15) is 0 Å². The lowest BCUT2D eigenvalue weighted by Crippen LogP contribution is -2.16. The molecular weight excluding hydrogens is 212 g/mol. The Bertz CT molecular complexity index is 489. The molecule has 0 aromatic carbocycles. The normalized spacial score (nSPS) is 12.8. The van der Waals surface area contributed by atoms with E-state index in [2.05, 4.69) is 22.0 Å². The van der Waals surface area contributed by atoms with Gasteiger partial charge in [0.15, 0.2) is 0 Å². The second-order valence-corrected chi connectivity index (χ2v) is 4.07. The summed E-state index contributed by atoms with van der Waals surface area (Å²) in [5.74, 6) is 0. The third-order valence-electron chi connectivity index (χ3n) is 2.98. The molecule has 0 saturated heterocycles. The van der Waals surface area contributed by atoms with Crippen LogP contribution in [0.1, 0.15) is 30.9 Å². The van der Waals surface area contributed by atoms with E-state index in [1.807, 2.05) is 36.2 Å². The van der Waals surface area contributed by atoms with Crippen molar-refractivity contribution in [1.82, 2.24) is 19.9 Å². The molecule has 4 nitrogen and oxygen atoms in total. The topological polar surface area (TPSA) is 42.2 Å². The Balaban J connectivity index is 2.20. The molecule has 2 rings (SSSR count). The number of aromatic nitrogens is 3. The Labute approximate surface area is 101 Å². The summed E-state index contributed by atoms with van der Waals surface area (Å²) in [7, 11) is 1.98. The van der Waals surface area contributed by atoms with E-state index < -0.39 is 0 Å². The van der Waals surface area contributed by atoms with Gasteiger partial charge in [-0.05, 0) is 26.3 Å². The van der Waals surface area contributed by atoms with Gasteiger partial charge in [-0.25, -0.2) is 4.52 Å². The largest absolute Gasteiger partial charge is 0.313 e. The monoisotopic (exact) mass is 230 g/mol. The highest BCUT2D eigenvalue weighted by molar-refractivity contribution is 5.53. The first-order chi connectivity index (χ1) is 8.36. The Kier molecular flexibility index (Phi) is 3.88. The molecule has 1 unspecified atom stereocenters. The maximum Gasteiger partial charge on any atom is 0.0892 e. The van der Waals surface area contributed by atoms with Gasteiger partial charge in [-0.15, -0.1) is 6.58 Å². The molecule has 90 valence electrons. The zero-order valence-electron chi connectivity index (χ0n) is 10.1.